The molecule has 7 heteroatoms. The van der Waals surface area contributed by atoms with Gasteiger partial charge in [0.1, 0.15) is 5.02 Å². The number of pyridine rings is 1. The molecule has 1 rings (SSSR count). The number of rotatable bonds is 8. The van der Waals surface area contributed by atoms with Gasteiger partial charge in [-0.3, -0.25) is 9.59 Å². The zero-order valence-corrected chi connectivity index (χ0v) is 11.9. The van der Waals surface area contributed by atoms with E-state index in [2.05, 4.69) is 10.3 Å². The van der Waals surface area contributed by atoms with Crippen molar-refractivity contribution in [3.05, 3.63) is 22.8 Å². The zero-order chi connectivity index (χ0) is 15.0. The SMILES string of the molecule is CCOc1ncc(C(=O)NCCCCC(=O)O)cc1Cl. The van der Waals surface area contributed by atoms with Gasteiger partial charge in [0, 0.05) is 19.2 Å². The molecule has 0 bridgehead atoms. The summed E-state index contributed by atoms with van der Waals surface area (Å²) in [5.41, 5.74) is 0.344. The lowest BCUT2D eigenvalue weighted by molar-refractivity contribution is -0.137. The Morgan fingerprint density at radius 3 is 2.80 bits per heavy atom. The Kier molecular flexibility index (Phi) is 6.79. The molecule has 6 nitrogen and oxygen atoms in total. The number of hydrogen-bond donors (Lipinski definition) is 2. The van der Waals surface area contributed by atoms with E-state index in [0.29, 0.717) is 37.4 Å². The van der Waals surface area contributed by atoms with Crippen molar-refractivity contribution in [1.29, 1.82) is 0 Å². The molecule has 0 radical (unpaired) electrons. The van der Waals surface area contributed by atoms with Crippen molar-refractivity contribution in [2.75, 3.05) is 13.2 Å². The minimum Gasteiger partial charge on any atom is -0.481 e. The second-order valence-electron chi connectivity index (χ2n) is 4.05. The van der Waals surface area contributed by atoms with Crippen LogP contribution in [0.3, 0.4) is 0 Å². The highest BCUT2D eigenvalue weighted by molar-refractivity contribution is 6.32. The lowest BCUT2D eigenvalue weighted by Crippen LogP contribution is -2.24. The second kappa shape index (κ2) is 8.37. The molecule has 0 saturated heterocycles. The first-order valence-electron chi connectivity index (χ1n) is 6.33. The predicted octanol–water partition coefficient (Wildman–Crippen LogP) is 2.12. The number of amides is 1. The first-order valence-corrected chi connectivity index (χ1v) is 6.70. The van der Waals surface area contributed by atoms with Gasteiger partial charge in [-0.2, -0.15) is 0 Å². The number of hydrogen-bond acceptors (Lipinski definition) is 4. The number of carbonyl (C=O) groups excluding carboxylic acids is 1. The van der Waals surface area contributed by atoms with Gasteiger partial charge in [0.15, 0.2) is 0 Å². The Balaban J connectivity index is 2.43. The summed E-state index contributed by atoms with van der Waals surface area (Å²) < 4.78 is 5.18. The van der Waals surface area contributed by atoms with E-state index < -0.39 is 5.97 Å². The molecule has 1 aromatic rings. The third kappa shape index (κ3) is 5.44. The highest BCUT2D eigenvalue weighted by Gasteiger charge is 2.10. The third-order valence-electron chi connectivity index (χ3n) is 2.45. The molecule has 0 aliphatic heterocycles. The number of carboxylic acids is 1. The van der Waals surface area contributed by atoms with Gasteiger partial charge in [-0.1, -0.05) is 11.6 Å². The number of aromatic nitrogens is 1. The number of nitrogens with zero attached hydrogens (tertiary/aromatic N) is 1. The molecule has 0 aliphatic rings. The summed E-state index contributed by atoms with van der Waals surface area (Å²) in [6.07, 6.45) is 2.63. The molecule has 20 heavy (non-hydrogen) atoms. The summed E-state index contributed by atoms with van der Waals surface area (Å²) in [6.45, 7) is 2.68. The van der Waals surface area contributed by atoms with Crippen LogP contribution in [-0.4, -0.2) is 35.1 Å². The van der Waals surface area contributed by atoms with E-state index >= 15 is 0 Å². The van der Waals surface area contributed by atoms with E-state index in [4.69, 9.17) is 21.4 Å². The minimum atomic E-state index is -0.834. The largest absolute Gasteiger partial charge is 0.481 e. The van der Waals surface area contributed by atoms with Gasteiger partial charge in [-0.25, -0.2) is 4.98 Å². The summed E-state index contributed by atoms with van der Waals surface area (Å²) in [7, 11) is 0. The molecule has 1 amide bonds. The molecule has 0 atom stereocenters. The molecule has 0 aliphatic carbocycles. The summed E-state index contributed by atoms with van der Waals surface area (Å²) in [4.78, 5) is 26.1. The van der Waals surface area contributed by atoms with E-state index in [1.54, 1.807) is 0 Å². The van der Waals surface area contributed by atoms with Gasteiger partial charge < -0.3 is 15.2 Å². The lowest BCUT2D eigenvalue weighted by Gasteiger charge is -2.07. The molecule has 0 saturated carbocycles. The van der Waals surface area contributed by atoms with Crippen molar-refractivity contribution < 1.29 is 19.4 Å². The first-order chi connectivity index (χ1) is 9.54. The maximum Gasteiger partial charge on any atom is 0.303 e. The Labute approximate surface area is 122 Å². The fraction of sp³-hybridized carbons (Fsp3) is 0.462. The quantitative estimate of drug-likeness (QED) is 0.718. The van der Waals surface area contributed by atoms with Crippen LogP contribution in [0, 0.1) is 0 Å². The number of aliphatic carboxylic acids is 1. The first kappa shape index (κ1) is 16.2. The summed E-state index contributed by atoms with van der Waals surface area (Å²) in [6, 6.07) is 1.49. The number of carboxylic acid groups (broad SMARTS) is 1. The number of carbonyl (C=O) groups is 2. The maximum atomic E-state index is 11.8. The minimum absolute atomic E-state index is 0.103. The average molecular weight is 301 g/mol. The fourth-order valence-electron chi connectivity index (χ4n) is 1.50. The van der Waals surface area contributed by atoms with E-state index in [0.717, 1.165) is 0 Å². The van der Waals surface area contributed by atoms with E-state index in [1.165, 1.54) is 12.3 Å². The monoisotopic (exact) mass is 300 g/mol. The molecule has 110 valence electrons. The molecule has 1 aromatic heterocycles. The predicted molar refractivity (Wildman–Crippen MR) is 74.2 cm³/mol. The van der Waals surface area contributed by atoms with E-state index in [1.807, 2.05) is 6.92 Å². The van der Waals surface area contributed by atoms with Crippen molar-refractivity contribution in [1.82, 2.24) is 10.3 Å². The Bertz CT molecular complexity index is 479. The van der Waals surface area contributed by atoms with Gasteiger partial charge in [-0.15, -0.1) is 0 Å². The maximum absolute atomic E-state index is 11.8. The molecule has 0 spiro atoms. The van der Waals surface area contributed by atoms with Crippen molar-refractivity contribution in [3.63, 3.8) is 0 Å². The topological polar surface area (TPSA) is 88.5 Å². The normalized spacial score (nSPS) is 10.1. The van der Waals surface area contributed by atoms with Crippen LogP contribution >= 0.6 is 11.6 Å². The fourth-order valence-corrected chi connectivity index (χ4v) is 1.72. The van der Waals surface area contributed by atoms with Crippen LogP contribution in [0.2, 0.25) is 5.02 Å². The molecule has 1 heterocycles. The van der Waals surface area contributed by atoms with E-state index in [-0.39, 0.29) is 17.4 Å². The van der Waals surface area contributed by atoms with Gasteiger partial charge >= 0.3 is 5.97 Å². The second-order valence-corrected chi connectivity index (χ2v) is 4.46. The van der Waals surface area contributed by atoms with Crippen LogP contribution in [0.15, 0.2) is 12.3 Å². The van der Waals surface area contributed by atoms with Crippen LogP contribution in [0.4, 0.5) is 0 Å². The molecule has 0 aromatic carbocycles. The van der Waals surface area contributed by atoms with Gasteiger partial charge in [0.05, 0.1) is 12.2 Å². The van der Waals surface area contributed by atoms with Crippen LogP contribution in [0.25, 0.3) is 0 Å². The Morgan fingerprint density at radius 2 is 2.20 bits per heavy atom. The molecule has 0 fully saturated rings. The zero-order valence-electron chi connectivity index (χ0n) is 11.2. The lowest BCUT2D eigenvalue weighted by atomic mass is 10.2. The van der Waals surface area contributed by atoms with Crippen molar-refractivity contribution >= 4 is 23.5 Å². The molecule has 0 unspecified atom stereocenters. The third-order valence-corrected chi connectivity index (χ3v) is 2.72. The molecular formula is C13H17ClN2O4. The standard InChI is InChI=1S/C13H17ClN2O4/c1-2-20-13-10(14)7-9(8-16-13)12(19)15-6-4-3-5-11(17)18/h7-8H,2-6H2,1H3,(H,15,19)(H,17,18). The number of ether oxygens (including phenoxy) is 1. The number of nitrogens with one attached hydrogen (secondary N) is 1. The van der Waals surface area contributed by atoms with Gasteiger partial charge in [0.2, 0.25) is 5.88 Å². The van der Waals surface area contributed by atoms with Gasteiger partial charge in [-0.05, 0) is 25.8 Å². The average Bonchev–Trinajstić information content (AvgIpc) is 2.40. The highest BCUT2D eigenvalue weighted by Crippen LogP contribution is 2.22. The summed E-state index contributed by atoms with van der Waals surface area (Å²) >= 11 is 5.94. The van der Waals surface area contributed by atoms with Crippen LogP contribution < -0.4 is 10.1 Å². The molecule has 2 N–H and O–H groups in total. The molecular weight excluding hydrogens is 284 g/mol. The number of unbranched alkanes of at least 4 members (excludes halogenated alkanes) is 1. The van der Waals surface area contributed by atoms with Crippen LogP contribution in [0.5, 0.6) is 5.88 Å². The Hall–Kier alpha value is -1.82. The van der Waals surface area contributed by atoms with E-state index in [9.17, 15) is 9.59 Å². The van der Waals surface area contributed by atoms with Crippen LogP contribution in [-0.2, 0) is 4.79 Å². The number of halogens is 1. The summed E-state index contributed by atoms with van der Waals surface area (Å²) in [5, 5.41) is 11.4. The smallest absolute Gasteiger partial charge is 0.303 e. The summed E-state index contributed by atoms with van der Waals surface area (Å²) in [5.74, 6) is -0.830. The van der Waals surface area contributed by atoms with Crippen molar-refractivity contribution in [2.24, 2.45) is 0 Å². The van der Waals surface area contributed by atoms with Gasteiger partial charge in [0.25, 0.3) is 5.91 Å². The highest BCUT2D eigenvalue weighted by atomic mass is 35.5. The Morgan fingerprint density at radius 1 is 1.45 bits per heavy atom. The van der Waals surface area contributed by atoms with Crippen LogP contribution in [0.1, 0.15) is 36.5 Å². The van der Waals surface area contributed by atoms with Crippen molar-refractivity contribution in [2.45, 2.75) is 26.2 Å². The van der Waals surface area contributed by atoms with Crippen molar-refractivity contribution in [3.8, 4) is 5.88 Å².